The number of furan rings is 1. The minimum absolute atomic E-state index is 0.0418. The summed E-state index contributed by atoms with van der Waals surface area (Å²) in [4.78, 5) is 14.2. The number of carbonyl (C=O) groups excluding carboxylic acids is 1. The fourth-order valence-electron chi connectivity index (χ4n) is 2.53. The average molecular weight is 302 g/mol. The maximum Gasteiger partial charge on any atom is 0.240 e. The van der Waals surface area contributed by atoms with Gasteiger partial charge in [0.15, 0.2) is 0 Å². The molecule has 0 radical (unpaired) electrons. The van der Waals surface area contributed by atoms with Crippen molar-refractivity contribution in [3.8, 4) is 0 Å². The van der Waals surface area contributed by atoms with Crippen molar-refractivity contribution in [3.63, 3.8) is 0 Å². The van der Waals surface area contributed by atoms with Crippen LogP contribution in [0.1, 0.15) is 39.0 Å². The number of nitrogens with two attached hydrogens (primary N) is 1. The summed E-state index contributed by atoms with van der Waals surface area (Å²) in [6.45, 7) is 8.52. The summed E-state index contributed by atoms with van der Waals surface area (Å²) in [5.41, 5.74) is 7.79. The van der Waals surface area contributed by atoms with Gasteiger partial charge < -0.3 is 15.1 Å². The van der Waals surface area contributed by atoms with Gasteiger partial charge in [-0.15, -0.1) is 0 Å². The van der Waals surface area contributed by atoms with Crippen LogP contribution in [0.25, 0.3) is 11.0 Å². The van der Waals surface area contributed by atoms with Crippen LogP contribution in [0.3, 0.4) is 0 Å². The van der Waals surface area contributed by atoms with Crippen molar-refractivity contribution in [2.75, 3.05) is 7.05 Å². The Morgan fingerprint density at radius 2 is 1.95 bits per heavy atom. The minimum atomic E-state index is -0.513. The number of para-hydroxylation sites is 1. The molecule has 0 fully saturated rings. The quantitative estimate of drug-likeness (QED) is 0.942. The average Bonchev–Trinajstić information content (AvgIpc) is 2.82. The zero-order chi connectivity index (χ0) is 16.5. The highest BCUT2D eigenvalue weighted by Gasteiger charge is 2.30. The van der Waals surface area contributed by atoms with Crippen LogP contribution in [0.4, 0.5) is 0 Å². The van der Waals surface area contributed by atoms with Gasteiger partial charge >= 0.3 is 0 Å². The molecule has 0 aliphatic rings. The van der Waals surface area contributed by atoms with Crippen LogP contribution >= 0.6 is 0 Å². The maximum absolute atomic E-state index is 12.5. The molecular weight excluding hydrogens is 276 g/mol. The van der Waals surface area contributed by atoms with Crippen LogP contribution in [-0.2, 0) is 17.8 Å². The van der Waals surface area contributed by atoms with Crippen LogP contribution in [-0.4, -0.2) is 23.9 Å². The van der Waals surface area contributed by atoms with E-state index in [-0.39, 0.29) is 11.3 Å². The number of likely N-dealkylation sites (N-methyl/N-ethyl adjacent to an activating group) is 1. The molecule has 0 spiro atoms. The summed E-state index contributed by atoms with van der Waals surface area (Å²) < 4.78 is 5.89. The Balaban J connectivity index is 2.28. The Bertz CT molecular complexity index is 667. The maximum atomic E-state index is 12.5. The summed E-state index contributed by atoms with van der Waals surface area (Å²) in [7, 11) is 1.80. The van der Waals surface area contributed by atoms with Crippen molar-refractivity contribution in [3.05, 3.63) is 35.6 Å². The lowest BCUT2D eigenvalue weighted by atomic mass is 9.86. The van der Waals surface area contributed by atoms with E-state index in [2.05, 4.69) is 6.92 Å². The van der Waals surface area contributed by atoms with Crippen LogP contribution in [0.2, 0.25) is 0 Å². The fourth-order valence-corrected chi connectivity index (χ4v) is 2.53. The molecule has 2 aromatic rings. The molecule has 0 saturated carbocycles. The molecule has 22 heavy (non-hydrogen) atoms. The van der Waals surface area contributed by atoms with E-state index in [1.807, 2.05) is 45.0 Å². The zero-order valence-corrected chi connectivity index (χ0v) is 14.1. The Hall–Kier alpha value is -1.81. The molecule has 2 rings (SSSR count). The number of benzene rings is 1. The Morgan fingerprint density at radius 1 is 1.32 bits per heavy atom. The highest BCUT2D eigenvalue weighted by molar-refractivity contribution is 5.85. The number of hydrogen-bond acceptors (Lipinski definition) is 3. The van der Waals surface area contributed by atoms with E-state index in [1.165, 1.54) is 0 Å². The molecule has 0 aliphatic heterocycles. The SMILES string of the molecule is CCc1oc2ccccc2c1CN(C)C(=O)[C@@H](N)C(C)(C)C. The smallest absolute Gasteiger partial charge is 0.240 e. The van der Waals surface area contributed by atoms with Crippen molar-refractivity contribution in [1.82, 2.24) is 4.90 Å². The van der Waals surface area contributed by atoms with E-state index >= 15 is 0 Å². The molecule has 0 unspecified atom stereocenters. The van der Waals surface area contributed by atoms with E-state index in [0.717, 1.165) is 28.7 Å². The predicted octanol–water partition coefficient (Wildman–Crippen LogP) is 3.33. The third-order valence-electron chi connectivity index (χ3n) is 4.07. The molecule has 1 amide bonds. The Labute approximate surface area is 132 Å². The van der Waals surface area contributed by atoms with E-state index < -0.39 is 6.04 Å². The second-order valence-electron chi connectivity index (χ2n) is 6.89. The van der Waals surface area contributed by atoms with E-state index in [1.54, 1.807) is 11.9 Å². The number of amides is 1. The molecule has 1 aromatic carbocycles. The summed E-state index contributed by atoms with van der Waals surface area (Å²) in [6, 6.07) is 7.43. The Morgan fingerprint density at radius 3 is 2.55 bits per heavy atom. The first-order chi connectivity index (χ1) is 10.3. The van der Waals surface area contributed by atoms with Crippen molar-refractivity contribution in [1.29, 1.82) is 0 Å². The largest absolute Gasteiger partial charge is 0.461 e. The van der Waals surface area contributed by atoms with Crippen LogP contribution in [0, 0.1) is 5.41 Å². The molecule has 1 atom stereocenters. The first-order valence-corrected chi connectivity index (χ1v) is 7.75. The lowest BCUT2D eigenvalue weighted by molar-refractivity contribution is -0.134. The summed E-state index contributed by atoms with van der Waals surface area (Å²) in [5.74, 6) is 0.894. The second kappa shape index (κ2) is 6.13. The van der Waals surface area contributed by atoms with Crippen molar-refractivity contribution < 1.29 is 9.21 Å². The highest BCUT2D eigenvalue weighted by atomic mass is 16.3. The van der Waals surface area contributed by atoms with Gasteiger partial charge in [-0.05, 0) is 11.5 Å². The first kappa shape index (κ1) is 16.6. The summed E-state index contributed by atoms with van der Waals surface area (Å²) in [5, 5.41) is 1.07. The van der Waals surface area contributed by atoms with Gasteiger partial charge in [0, 0.05) is 31.0 Å². The first-order valence-electron chi connectivity index (χ1n) is 7.75. The number of carbonyl (C=O) groups is 1. The van der Waals surface area contributed by atoms with Crippen LogP contribution in [0.5, 0.6) is 0 Å². The topological polar surface area (TPSA) is 59.5 Å². The van der Waals surface area contributed by atoms with Gasteiger partial charge in [0.25, 0.3) is 0 Å². The van der Waals surface area contributed by atoms with E-state index in [4.69, 9.17) is 10.2 Å². The molecule has 1 aromatic heterocycles. The van der Waals surface area contributed by atoms with Crippen LogP contribution < -0.4 is 5.73 Å². The molecule has 120 valence electrons. The van der Waals surface area contributed by atoms with Gasteiger partial charge in [-0.25, -0.2) is 0 Å². The van der Waals surface area contributed by atoms with Gasteiger partial charge in [-0.1, -0.05) is 45.9 Å². The lowest BCUT2D eigenvalue weighted by Gasteiger charge is -2.30. The summed E-state index contributed by atoms with van der Waals surface area (Å²) in [6.07, 6.45) is 0.803. The second-order valence-corrected chi connectivity index (χ2v) is 6.89. The third-order valence-corrected chi connectivity index (χ3v) is 4.07. The molecule has 2 N–H and O–H groups in total. The monoisotopic (exact) mass is 302 g/mol. The van der Waals surface area contributed by atoms with Gasteiger partial charge in [-0.3, -0.25) is 4.79 Å². The molecular formula is C18H26N2O2. The molecule has 0 aliphatic carbocycles. The van der Waals surface area contributed by atoms with Crippen molar-refractivity contribution in [2.45, 2.75) is 46.7 Å². The zero-order valence-electron chi connectivity index (χ0n) is 14.1. The van der Waals surface area contributed by atoms with Crippen LogP contribution in [0.15, 0.2) is 28.7 Å². The lowest BCUT2D eigenvalue weighted by Crippen LogP contribution is -2.48. The molecule has 1 heterocycles. The summed E-state index contributed by atoms with van der Waals surface area (Å²) >= 11 is 0. The number of aryl methyl sites for hydroxylation is 1. The van der Waals surface area contributed by atoms with Crippen molar-refractivity contribution >= 4 is 16.9 Å². The van der Waals surface area contributed by atoms with Gasteiger partial charge in [0.2, 0.25) is 5.91 Å². The van der Waals surface area contributed by atoms with Gasteiger partial charge in [-0.2, -0.15) is 0 Å². The van der Waals surface area contributed by atoms with Crippen molar-refractivity contribution in [2.24, 2.45) is 11.1 Å². The van der Waals surface area contributed by atoms with Gasteiger partial charge in [0.05, 0.1) is 6.04 Å². The minimum Gasteiger partial charge on any atom is -0.461 e. The highest BCUT2D eigenvalue weighted by Crippen LogP contribution is 2.28. The van der Waals surface area contributed by atoms with E-state index in [9.17, 15) is 4.79 Å². The van der Waals surface area contributed by atoms with E-state index in [0.29, 0.717) is 6.54 Å². The normalized spacial score (nSPS) is 13.4. The molecule has 4 nitrogen and oxygen atoms in total. The molecule has 0 saturated heterocycles. The fraction of sp³-hybridized carbons (Fsp3) is 0.500. The van der Waals surface area contributed by atoms with Gasteiger partial charge in [0.1, 0.15) is 11.3 Å². The number of fused-ring (bicyclic) bond motifs is 1. The predicted molar refractivity (Wildman–Crippen MR) is 89.5 cm³/mol. The standard InChI is InChI=1S/C18H26N2O2/c1-6-14-13(12-9-7-8-10-15(12)22-14)11-20(5)17(21)16(19)18(2,3)4/h7-10,16H,6,11,19H2,1-5H3/t16-/m1/s1. The number of nitrogens with zero attached hydrogens (tertiary/aromatic N) is 1. The molecule has 4 heteroatoms. The number of hydrogen-bond donors (Lipinski definition) is 1. The number of rotatable bonds is 4. The molecule has 0 bridgehead atoms. The third kappa shape index (κ3) is 3.17. The Kier molecular flexibility index (Phi) is 4.61.